The number of rotatable bonds is 5. The summed E-state index contributed by atoms with van der Waals surface area (Å²) in [6, 6.07) is 1.90. The second-order valence-corrected chi connectivity index (χ2v) is 5.58. The van der Waals surface area contributed by atoms with Crippen molar-refractivity contribution < 1.29 is 17.9 Å². The van der Waals surface area contributed by atoms with E-state index in [1.807, 2.05) is 13.0 Å². The number of alkyl halides is 3. The maximum absolute atomic E-state index is 11.9. The van der Waals surface area contributed by atoms with Crippen LogP contribution in [0.1, 0.15) is 4.88 Å². The van der Waals surface area contributed by atoms with Gasteiger partial charge in [-0.3, -0.25) is 0 Å². The van der Waals surface area contributed by atoms with Crippen LogP contribution < -0.4 is 5.32 Å². The molecule has 110 valence electrons. The Kier molecular flexibility index (Phi) is 4.66. The minimum absolute atomic E-state index is 0.0776. The Hall–Kier alpha value is -1.12. The zero-order valence-corrected chi connectivity index (χ0v) is 12.0. The van der Waals surface area contributed by atoms with Gasteiger partial charge in [-0.15, -0.1) is 11.3 Å². The second-order valence-electron chi connectivity index (χ2n) is 4.01. The topological polar surface area (TPSA) is 47.0 Å². The first-order valence-electron chi connectivity index (χ1n) is 5.67. The van der Waals surface area contributed by atoms with Crippen molar-refractivity contribution >= 4 is 39.0 Å². The van der Waals surface area contributed by atoms with Gasteiger partial charge in [0.25, 0.3) is 0 Å². The molecule has 0 aliphatic heterocycles. The molecule has 0 saturated heterocycles. The highest BCUT2D eigenvalue weighted by Crippen LogP contribution is 2.29. The van der Waals surface area contributed by atoms with Gasteiger partial charge in [-0.25, -0.2) is 9.97 Å². The van der Waals surface area contributed by atoms with Crippen LogP contribution in [-0.2, 0) is 4.74 Å². The number of hydrogen-bond acceptors (Lipinski definition) is 5. The molecule has 1 N–H and O–H groups in total. The third-order valence-electron chi connectivity index (χ3n) is 2.29. The SMILES string of the molecule is Cc1cc2c(NCCOCC(F)(F)F)nc(Cl)nc2s1. The van der Waals surface area contributed by atoms with E-state index < -0.39 is 12.8 Å². The summed E-state index contributed by atoms with van der Waals surface area (Å²) in [5.74, 6) is 0.500. The predicted molar refractivity (Wildman–Crippen MR) is 72.5 cm³/mol. The number of fused-ring (bicyclic) bond motifs is 1. The van der Waals surface area contributed by atoms with Gasteiger partial charge in [-0.1, -0.05) is 0 Å². The molecule has 2 heterocycles. The molecule has 0 saturated carbocycles. The number of nitrogens with zero attached hydrogens (tertiary/aromatic N) is 2. The van der Waals surface area contributed by atoms with Crippen LogP contribution >= 0.6 is 22.9 Å². The zero-order chi connectivity index (χ0) is 14.8. The molecule has 0 fully saturated rings. The molecule has 0 aliphatic carbocycles. The normalized spacial score (nSPS) is 12.1. The lowest BCUT2D eigenvalue weighted by molar-refractivity contribution is -0.172. The maximum Gasteiger partial charge on any atom is 0.411 e. The molecule has 0 bridgehead atoms. The van der Waals surface area contributed by atoms with Crippen LogP contribution in [0.25, 0.3) is 10.2 Å². The number of nitrogens with one attached hydrogen (secondary N) is 1. The van der Waals surface area contributed by atoms with Crippen molar-refractivity contribution in [2.75, 3.05) is 25.1 Å². The van der Waals surface area contributed by atoms with E-state index in [2.05, 4.69) is 20.0 Å². The lowest BCUT2D eigenvalue weighted by Gasteiger charge is -2.09. The average molecular weight is 326 g/mol. The van der Waals surface area contributed by atoms with Gasteiger partial charge >= 0.3 is 6.18 Å². The van der Waals surface area contributed by atoms with Crippen molar-refractivity contribution in [2.45, 2.75) is 13.1 Å². The first kappa shape index (κ1) is 15.3. The quantitative estimate of drug-likeness (QED) is 0.673. The van der Waals surface area contributed by atoms with Gasteiger partial charge in [0.15, 0.2) is 0 Å². The van der Waals surface area contributed by atoms with E-state index in [4.69, 9.17) is 11.6 Å². The number of halogens is 4. The van der Waals surface area contributed by atoms with Crippen molar-refractivity contribution in [2.24, 2.45) is 0 Å². The van der Waals surface area contributed by atoms with Gasteiger partial charge < -0.3 is 10.1 Å². The molecule has 9 heteroatoms. The van der Waals surface area contributed by atoms with E-state index in [-0.39, 0.29) is 18.4 Å². The molecule has 20 heavy (non-hydrogen) atoms. The molecule has 0 unspecified atom stereocenters. The number of thiophene rings is 1. The second kappa shape index (κ2) is 6.11. The van der Waals surface area contributed by atoms with Gasteiger partial charge in [-0.2, -0.15) is 13.2 Å². The van der Waals surface area contributed by atoms with Crippen LogP contribution in [0.3, 0.4) is 0 Å². The van der Waals surface area contributed by atoms with E-state index in [0.29, 0.717) is 5.82 Å². The van der Waals surface area contributed by atoms with E-state index in [1.165, 1.54) is 11.3 Å². The minimum atomic E-state index is -4.31. The molecule has 0 aliphatic rings. The van der Waals surface area contributed by atoms with Crippen LogP contribution in [0.2, 0.25) is 5.28 Å². The van der Waals surface area contributed by atoms with Crippen molar-refractivity contribution in [1.82, 2.24) is 9.97 Å². The van der Waals surface area contributed by atoms with Gasteiger partial charge in [0, 0.05) is 11.4 Å². The molecular formula is C11H11ClF3N3OS. The van der Waals surface area contributed by atoms with Crippen LogP contribution in [0.4, 0.5) is 19.0 Å². The minimum Gasteiger partial charge on any atom is -0.370 e. The predicted octanol–water partition coefficient (Wildman–Crippen LogP) is 3.64. The summed E-state index contributed by atoms with van der Waals surface area (Å²) in [6.45, 7) is 0.793. The third kappa shape index (κ3) is 4.19. The van der Waals surface area contributed by atoms with Gasteiger partial charge in [0.05, 0.1) is 12.0 Å². The van der Waals surface area contributed by atoms with E-state index in [9.17, 15) is 13.2 Å². The summed E-state index contributed by atoms with van der Waals surface area (Å²) >= 11 is 7.27. The number of hydrogen-bond donors (Lipinski definition) is 1. The summed E-state index contributed by atoms with van der Waals surface area (Å²) in [4.78, 5) is 9.91. The van der Waals surface area contributed by atoms with Crippen molar-refractivity contribution in [3.05, 3.63) is 16.2 Å². The smallest absolute Gasteiger partial charge is 0.370 e. The highest BCUT2D eigenvalue weighted by molar-refractivity contribution is 7.18. The summed E-state index contributed by atoms with van der Waals surface area (Å²) in [6.07, 6.45) is -4.31. The third-order valence-corrected chi connectivity index (χ3v) is 3.41. The molecule has 2 aromatic heterocycles. The highest BCUT2D eigenvalue weighted by Gasteiger charge is 2.27. The summed E-state index contributed by atoms with van der Waals surface area (Å²) in [5, 5.41) is 3.80. The Morgan fingerprint density at radius 1 is 1.40 bits per heavy atom. The molecule has 0 amide bonds. The molecule has 0 spiro atoms. The lowest BCUT2D eigenvalue weighted by Crippen LogP contribution is -2.20. The fraction of sp³-hybridized carbons (Fsp3) is 0.455. The van der Waals surface area contributed by atoms with Gasteiger partial charge in [-0.05, 0) is 24.6 Å². The first-order valence-corrected chi connectivity index (χ1v) is 6.86. The largest absolute Gasteiger partial charge is 0.411 e. The molecule has 2 aromatic rings. The Bertz CT molecular complexity index is 602. The Morgan fingerprint density at radius 3 is 2.85 bits per heavy atom. The number of aryl methyl sites for hydroxylation is 1. The Morgan fingerprint density at radius 2 is 2.15 bits per heavy atom. The van der Waals surface area contributed by atoms with E-state index in [1.54, 1.807) is 0 Å². The van der Waals surface area contributed by atoms with Crippen LogP contribution in [0.15, 0.2) is 6.07 Å². The molecule has 4 nitrogen and oxygen atoms in total. The van der Waals surface area contributed by atoms with Crippen LogP contribution in [0.5, 0.6) is 0 Å². The molecule has 0 aromatic carbocycles. The number of anilines is 1. The Balaban J connectivity index is 1.96. The lowest BCUT2D eigenvalue weighted by atomic mass is 10.3. The van der Waals surface area contributed by atoms with E-state index >= 15 is 0 Å². The molecule has 2 rings (SSSR count). The number of ether oxygens (including phenoxy) is 1. The van der Waals surface area contributed by atoms with Crippen molar-refractivity contribution in [3.63, 3.8) is 0 Å². The van der Waals surface area contributed by atoms with Gasteiger partial charge in [0.1, 0.15) is 17.3 Å². The first-order chi connectivity index (χ1) is 9.35. The fourth-order valence-electron chi connectivity index (χ4n) is 1.58. The summed E-state index contributed by atoms with van der Waals surface area (Å²) < 4.78 is 40.2. The Labute approximate surface area is 121 Å². The molecule has 0 atom stereocenters. The maximum atomic E-state index is 11.9. The number of aromatic nitrogens is 2. The fourth-order valence-corrected chi connectivity index (χ4v) is 2.68. The van der Waals surface area contributed by atoms with Crippen molar-refractivity contribution in [1.29, 1.82) is 0 Å². The van der Waals surface area contributed by atoms with Gasteiger partial charge in [0.2, 0.25) is 5.28 Å². The van der Waals surface area contributed by atoms with E-state index in [0.717, 1.165) is 15.1 Å². The molecule has 0 radical (unpaired) electrons. The zero-order valence-electron chi connectivity index (χ0n) is 10.4. The standard InChI is InChI=1S/C11H11ClF3N3OS/c1-6-4-7-8(17-10(12)18-9(7)20-6)16-2-3-19-5-11(13,14)15/h4H,2-3,5H2,1H3,(H,16,17,18). The monoisotopic (exact) mass is 325 g/mol. The summed E-state index contributed by atoms with van der Waals surface area (Å²) in [7, 11) is 0. The summed E-state index contributed by atoms with van der Waals surface area (Å²) in [5.41, 5.74) is 0. The van der Waals surface area contributed by atoms with Crippen LogP contribution in [-0.4, -0.2) is 35.9 Å². The molecular weight excluding hydrogens is 315 g/mol. The highest BCUT2D eigenvalue weighted by atomic mass is 35.5. The average Bonchev–Trinajstić information content (AvgIpc) is 2.67. The van der Waals surface area contributed by atoms with Crippen molar-refractivity contribution in [3.8, 4) is 0 Å². The van der Waals surface area contributed by atoms with Crippen LogP contribution in [0, 0.1) is 6.92 Å².